The SMILES string of the molecule is COc1ccc2c(c1)c(-c1cccc3ccccc13)nc(=O)n2CC(F)(F)F. The monoisotopic (exact) mass is 384 g/mol. The Hall–Kier alpha value is -3.35. The fraction of sp³-hybridized carbons (Fsp3) is 0.143. The van der Waals surface area contributed by atoms with Gasteiger partial charge in [-0.3, -0.25) is 4.57 Å². The zero-order valence-electron chi connectivity index (χ0n) is 14.8. The largest absolute Gasteiger partial charge is 0.497 e. The summed E-state index contributed by atoms with van der Waals surface area (Å²) in [5, 5.41) is 2.21. The minimum Gasteiger partial charge on any atom is -0.497 e. The molecule has 0 saturated heterocycles. The highest BCUT2D eigenvalue weighted by atomic mass is 19.4. The van der Waals surface area contributed by atoms with Crippen LogP contribution in [0.2, 0.25) is 0 Å². The lowest BCUT2D eigenvalue weighted by Crippen LogP contribution is -2.30. The van der Waals surface area contributed by atoms with Gasteiger partial charge in [-0.1, -0.05) is 42.5 Å². The molecular weight excluding hydrogens is 369 g/mol. The van der Waals surface area contributed by atoms with Gasteiger partial charge in [0.25, 0.3) is 0 Å². The van der Waals surface area contributed by atoms with Crippen molar-refractivity contribution in [2.45, 2.75) is 12.7 Å². The predicted octanol–water partition coefficient (Wildman–Crippen LogP) is 4.79. The molecule has 4 aromatic rings. The number of hydrogen-bond acceptors (Lipinski definition) is 3. The summed E-state index contributed by atoms with van der Waals surface area (Å²) in [7, 11) is 1.47. The molecule has 0 fully saturated rings. The van der Waals surface area contributed by atoms with Crippen LogP contribution in [-0.4, -0.2) is 22.8 Å². The first-order chi connectivity index (χ1) is 13.4. The number of ether oxygens (including phenoxy) is 1. The second-order valence-electron chi connectivity index (χ2n) is 6.35. The first kappa shape index (κ1) is 18.0. The predicted molar refractivity (Wildman–Crippen MR) is 102 cm³/mol. The Balaban J connectivity index is 2.09. The van der Waals surface area contributed by atoms with Crippen molar-refractivity contribution in [2.24, 2.45) is 0 Å². The van der Waals surface area contributed by atoms with Gasteiger partial charge in [-0.2, -0.15) is 18.2 Å². The summed E-state index contributed by atoms with van der Waals surface area (Å²) in [6.45, 7) is -1.41. The molecule has 0 saturated carbocycles. The van der Waals surface area contributed by atoms with E-state index in [1.54, 1.807) is 12.1 Å². The second-order valence-corrected chi connectivity index (χ2v) is 6.35. The molecule has 28 heavy (non-hydrogen) atoms. The van der Waals surface area contributed by atoms with Gasteiger partial charge in [0.1, 0.15) is 12.3 Å². The lowest BCUT2D eigenvalue weighted by Gasteiger charge is -2.16. The molecule has 0 spiro atoms. The zero-order chi connectivity index (χ0) is 19.9. The quantitative estimate of drug-likeness (QED) is 0.510. The lowest BCUT2D eigenvalue weighted by molar-refractivity contribution is -0.140. The van der Waals surface area contributed by atoms with Crippen LogP contribution in [0.5, 0.6) is 5.75 Å². The Morgan fingerprint density at radius 1 is 1.00 bits per heavy atom. The molecule has 142 valence electrons. The highest BCUT2D eigenvalue weighted by molar-refractivity contribution is 6.03. The van der Waals surface area contributed by atoms with Crippen molar-refractivity contribution in [3.8, 4) is 17.0 Å². The van der Waals surface area contributed by atoms with Crippen LogP contribution in [0.1, 0.15) is 0 Å². The van der Waals surface area contributed by atoms with Crippen LogP contribution >= 0.6 is 0 Å². The smallest absolute Gasteiger partial charge is 0.406 e. The van der Waals surface area contributed by atoms with Gasteiger partial charge in [0.2, 0.25) is 0 Å². The van der Waals surface area contributed by atoms with E-state index < -0.39 is 18.4 Å². The first-order valence-corrected chi connectivity index (χ1v) is 8.51. The van der Waals surface area contributed by atoms with E-state index in [1.807, 2.05) is 36.4 Å². The maximum absolute atomic E-state index is 13.0. The van der Waals surface area contributed by atoms with Crippen molar-refractivity contribution in [1.82, 2.24) is 9.55 Å². The Morgan fingerprint density at radius 3 is 2.50 bits per heavy atom. The number of benzene rings is 3. The minimum atomic E-state index is -4.54. The number of fused-ring (bicyclic) bond motifs is 2. The van der Waals surface area contributed by atoms with Crippen molar-refractivity contribution in [3.05, 3.63) is 71.1 Å². The van der Waals surface area contributed by atoms with E-state index in [-0.39, 0.29) is 5.52 Å². The molecule has 0 aliphatic rings. The van der Waals surface area contributed by atoms with Crippen LogP contribution in [-0.2, 0) is 6.54 Å². The summed E-state index contributed by atoms with van der Waals surface area (Å²) in [5.41, 5.74) is 0.209. The average Bonchev–Trinajstić information content (AvgIpc) is 2.68. The van der Waals surface area contributed by atoms with Crippen LogP contribution < -0.4 is 10.4 Å². The highest BCUT2D eigenvalue weighted by Gasteiger charge is 2.30. The van der Waals surface area contributed by atoms with Crippen LogP contribution in [0, 0.1) is 0 Å². The summed E-state index contributed by atoms with van der Waals surface area (Å²) in [4.78, 5) is 16.5. The third-order valence-electron chi connectivity index (χ3n) is 4.57. The second kappa shape index (κ2) is 6.67. The van der Waals surface area contributed by atoms with Crippen LogP contribution in [0.25, 0.3) is 32.9 Å². The topological polar surface area (TPSA) is 44.1 Å². The first-order valence-electron chi connectivity index (χ1n) is 8.51. The summed E-state index contributed by atoms with van der Waals surface area (Å²) >= 11 is 0. The molecule has 4 nitrogen and oxygen atoms in total. The van der Waals surface area contributed by atoms with Crippen LogP contribution in [0.4, 0.5) is 13.2 Å². The molecule has 1 aromatic heterocycles. The maximum atomic E-state index is 13.0. The van der Waals surface area contributed by atoms with E-state index in [2.05, 4.69) is 4.98 Å². The van der Waals surface area contributed by atoms with Crippen molar-refractivity contribution < 1.29 is 17.9 Å². The number of rotatable bonds is 3. The van der Waals surface area contributed by atoms with Gasteiger partial charge in [-0.25, -0.2) is 4.79 Å². The molecule has 0 atom stereocenters. The fourth-order valence-corrected chi connectivity index (χ4v) is 3.36. The summed E-state index contributed by atoms with van der Waals surface area (Å²) < 4.78 is 44.9. The average molecular weight is 384 g/mol. The van der Waals surface area contributed by atoms with Gasteiger partial charge in [0.05, 0.1) is 18.3 Å². The number of halogens is 3. The van der Waals surface area contributed by atoms with E-state index in [4.69, 9.17) is 4.74 Å². The Bertz CT molecular complexity index is 1240. The van der Waals surface area contributed by atoms with Gasteiger partial charge < -0.3 is 4.74 Å². The number of nitrogens with zero attached hydrogens (tertiary/aromatic N) is 2. The normalized spacial score (nSPS) is 11.9. The number of alkyl halides is 3. The molecule has 7 heteroatoms. The minimum absolute atomic E-state index is 0.154. The van der Waals surface area contributed by atoms with Crippen molar-refractivity contribution in [1.29, 1.82) is 0 Å². The summed E-state index contributed by atoms with van der Waals surface area (Å²) in [6, 6.07) is 17.7. The zero-order valence-corrected chi connectivity index (χ0v) is 14.8. The molecule has 0 radical (unpaired) electrons. The third-order valence-corrected chi connectivity index (χ3v) is 4.57. The summed E-state index contributed by atoms with van der Waals surface area (Å²) in [5.74, 6) is 0.466. The molecule has 0 unspecified atom stereocenters. The Morgan fingerprint density at radius 2 is 1.75 bits per heavy atom. The molecule has 0 N–H and O–H groups in total. The highest BCUT2D eigenvalue weighted by Crippen LogP contribution is 2.33. The summed E-state index contributed by atoms with van der Waals surface area (Å²) in [6.07, 6.45) is -4.54. The maximum Gasteiger partial charge on any atom is 0.406 e. The van der Waals surface area contributed by atoms with Gasteiger partial charge in [-0.15, -0.1) is 0 Å². The van der Waals surface area contributed by atoms with Crippen molar-refractivity contribution in [3.63, 3.8) is 0 Å². The van der Waals surface area contributed by atoms with Gasteiger partial charge in [0.15, 0.2) is 0 Å². The van der Waals surface area contributed by atoms with Crippen molar-refractivity contribution in [2.75, 3.05) is 7.11 Å². The lowest BCUT2D eigenvalue weighted by atomic mass is 9.99. The van der Waals surface area contributed by atoms with Crippen molar-refractivity contribution >= 4 is 21.7 Å². The number of methoxy groups -OCH3 is 1. The molecule has 0 bridgehead atoms. The molecular formula is C21H15F3N2O2. The third kappa shape index (κ3) is 3.19. The van der Waals surface area contributed by atoms with Gasteiger partial charge in [-0.05, 0) is 29.0 Å². The fourth-order valence-electron chi connectivity index (χ4n) is 3.36. The van der Waals surface area contributed by atoms with Gasteiger partial charge in [0, 0.05) is 10.9 Å². The van der Waals surface area contributed by atoms with E-state index in [1.165, 1.54) is 19.2 Å². The van der Waals surface area contributed by atoms with Crippen LogP contribution in [0.15, 0.2) is 65.5 Å². The molecule has 0 amide bonds. The van der Waals surface area contributed by atoms with Crippen LogP contribution in [0.3, 0.4) is 0 Å². The number of hydrogen-bond donors (Lipinski definition) is 0. The van der Waals surface area contributed by atoms with E-state index >= 15 is 0 Å². The molecule has 1 heterocycles. The molecule has 3 aromatic carbocycles. The standard InChI is InChI=1S/C21H15F3N2O2/c1-28-14-9-10-18-17(11-14)19(25-20(27)26(18)12-21(22,23)24)16-8-4-6-13-5-2-3-7-15(13)16/h2-11H,12H2,1H3. The van der Waals surface area contributed by atoms with E-state index in [0.717, 1.165) is 10.8 Å². The Kier molecular flexibility index (Phi) is 4.30. The molecule has 0 aliphatic heterocycles. The molecule has 0 aliphatic carbocycles. The van der Waals surface area contributed by atoms with E-state index in [9.17, 15) is 18.0 Å². The van der Waals surface area contributed by atoms with Gasteiger partial charge >= 0.3 is 11.9 Å². The Labute approximate surface area is 157 Å². The van der Waals surface area contributed by atoms with E-state index in [0.29, 0.717) is 27.0 Å². The molecule has 4 rings (SSSR count). The number of aromatic nitrogens is 2.